The topological polar surface area (TPSA) is 131 Å². The standard InChI is InChI=1S/C13H14N2O5S/c14-3-4-21-7-12(18)15-9(13(19)20)5-8-1-2-10(16)11(17)6-8/h1-2,6,9,16-17H,4-5,7H2,(H,15,18)(H,19,20)/t9-/m0/s1. The molecule has 0 unspecified atom stereocenters. The molecule has 0 saturated heterocycles. The fraction of sp³-hybridized carbons (Fsp3) is 0.308. The number of carbonyl (C=O) groups is 2. The average Bonchev–Trinajstić information content (AvgIpc) is 2.42. The molecule has 0 radical (unpaired) electrons. The van der Waals surface area contributed by atoms with Crippen LogP contribution in [0.25, 0.3) is 0 Å². The minimum absolute atomic E-state index is 0.00182. The number of rotatable bonds is 7. The van der Waals surface area contributed by atoms with Crippen LogP contribution in [0, 0.1) is 11.3 Å². The summed E-state index contributed by atoms with van der Waals surface area (Å²) in [5.41, 5.74) is 0.461. The summed E-state index contributed by atoms with van der Waals surface area (Å²) >= 11 is 1.09. The molecule has 0 aliphatic heterocycles. The Morgan fingerprint density at radius 2 is 2.05 bits per heavy atom. The van der Waals surface area contributed by atoms with Gasteiger partial charge in [0.2, 0.25) is 5.91 Å². The van der Waals surface area contributed by atoms with Gasteiger partial charge >= 0.3 is 5.97 Å². The van der Waals surface area contributed by atoms with Crippen molar-refractivity contribution in [2.45, 2.75) is 12.5 Å². The van der Waals surface area contributed by atoms with Crippen molar-refractivity contribution in [3.8, 4) is 17.6 Å². The van der Waals surface area contributed by atoms with E-state index >= 15 is 0 Å². The number of benzene rings is 1. The Morgan fingerprint density at radius 3 is 2.62 bits per heavy atom. The summed E-state index contributed by atoms with van der Waals surface area (Å²) in [7, 11) is 0. The predicted octanol–water partition coefficient (Wildman–Crippen LogP) is 0.466. The summed E-state index contributed by atoms with van der Waals surface area (Å²) in [6.07, 6.45) is -0.0299. The summed E-state index contributed by atoms with van der Waals surface area (Å²) in [6.45, 7) is 0. The van der Waals surface area contributed by atoms with Gasteiger partial charge in [0.1, 0.15) is 6.04 Å². The van der Waals surface area contributed by atoms with Gasteiger partial charge in [0, 0.05) is 6.42 Å². The van der Waals surface area contributed by atoms with Crippen molar-refractivity contribution in [3.63, 3.8) is 0 Å². The van der Waals surface area contributed by atoms with Crippen LogP contribution in [0.2, 0.25) is 0 Å². The van der Waals surface area contributed by atoms with Gasteiger partial charge in [-0.05, 0) is 17.7 Å². The second-order valence-electron chi connectivity index (χ2n) is 4.14. The largest absolute Gasteiger partial charge is 0.504 e. The molecule has 0 saturated carbocycles. The highest BCUT2D eigenvalue weighted by molar-refractivity contribution is 8.00. The molecule has 0 aliphatic rings. The van der Waals surface area contributed by atoms with Crippen molar-refractivity contribution < 1.29 is 24.9 Å². The lowest BCUT2D eigenvalue weighted by atomic mass is 10.1. The number of phenolic OH excluding ortho intramolecular Hbond substituents is 2. The molecule has 112 valence electrons. The third kappa shape index (κ3) is 5.62. The van der Waals surface area contributed by atoms with Gasteiger partial charge in [-0.3, -0.25) is 4.79 Å². The molecule has 0 bridgehead atoms. The van der Waals surface area contributed by atoms with Crippen molar-refractivity contribution in [1.29, 1.82) is 5.26 Å². The van der Waals surface area contributed by atoms with Gasteiger partial charge in [-0.15, -0.1) is 11.8 Å². The number of amides is 1. The SMILES string of the molecule is N#CCSCC(=O)N[C@@H](Cc1ccc(O)c(O)c1)C(=O)O. The van der Waals surface area contributed by atoms with Crippen LogP contribution in [0.15, 0.2) is 18.2 Å². The molecule has 1 atom stereocenters. The molecule has 4 N–H and O–H groups in total. The number of hydrogen-bond acceptors (Lipinski definition) is 6. The van der Waals surface area contributed by atoms with Crippen LogP contribution in [-0.2, 0) is 16.0 Å². The van der Waals surface area contributed by atoms with Crippen LogP contribution in [-0.4, -0.2) is 44.7 Å². The number of carbonyl (C=O) groups excluding carboxylic acids is 1. The predicted molar refractivity (Wildman–Crippen MR) is 76.0 cm³/mol. The molecule has 1 amide bonds. The maximum atomic E-state index is 11.5. The molecule has 0 aliphatic carbocycles. The number of hydrogen-bond donors (Lipinski definition) is 4. The van der Waals surface area contributed by atoms with Crippen molar-refractivity contribution in [3.05, 3.63) is 23.8 Å². The Labute approximate surface area is 125 Å². The van der Waals surface area contributed by atoms with E-state index in [1.54, 1.807) is 0 Å². The van der Waals surface area contributed by atoms with Crippen molar-refractivity contribution in [2.75, 3.05) is 11.5 Å². The second-order valence-corrected chi connectivity index (χ2v) is 5.12. The maximum absolute atomic E-state index is 11.5. The van der Waals surface area contributed by atoms with Gasteiger partial charge < -0.3 is 20.6 Å². The normalized spacial score (nSPS) is 11.4. The number of carboxylic acids is 1. The van der Waals surface area contributed by atoms with Crippen LogP contribution >= 0.6 is 11.8 Å². The number of aromatic hydroxyl groups is 2. The Hall–Kier alpha value is -2.40. The summed E-state index contributed by atoms with van der Waals surface area (Å²) in [5, 5.41) is 38.3. The Balaban J connectivity index is 2.65. The zero-order valence-corrected chi connectivity index (χ0v) is 11.8. The molecule has 21 heavy (non-hydrogen) atoms. The molecule has 0 aromatic heterocycles. The molecule has 1 rings (SSSR count). The molecular formula is C13H14N2O5S. The number of carboxylic acid groups (broad SMARTS) is 1. The smallest absolute Gasteiger partial charge is 0.326 e. The molecular weight excluding hydrogens is 296 g/mol. The molecule has 1 aromatic rings. The summed E-state index contributed by atoms with van der Waals surface area (Å²) in [4.78, 5) is 22.7. The monoisotopic (exact) mass is 310 g/mol. The van der Waals surface area contributed by atoms with E-state index in [2.05, 4.69) is 5.32 Å². The van der Waals surface area contributed by atoms with Gasteiger partial charge in [0.15, 0.2) is 11.5 Å². The Bertz CT molecular complexity index is 570. The van der Waals surface area contributed by atoms with Crippen LogP contribution in [0.3, 0.4) is 0 Å². The number of thioether (sulfide) groups is 1. The van der Waals surface area contributed by atoms with E-state index in [9.17, 15) is 19.8 Å². The van der Waals surface area contributed by atoms with E-state index in [1.165, 1.54) is 18.2 Å². The molecule has 0 spiro atoms. The van der Waals surface area contributed by atoms with Gasteiger partial charge in [-0.25, -0.2) is 4.79 Å². The molecule has 0 heterocycles. The van der Waals surface area contributed by atoms with Gasteiger partial charge in [0.25, 0.3) is 0 Å². The van der Waals surface area contributed by atoms with Gasteiger partial charge in [-0.1, -0.05) is 6.07 Å². The molecule has 8 heteroatoms. The van der Waals surface area contributed by atoms with E-state index in [4.69, 9.17) is 10.4 Å². The van der Waals surface area contributed by atoms with Crippen LogP contribution in [0.1, 0.15) is 5.56 Å². The first-order valence-electron chi connectivity index (χ1n) is 5.91. The quantitative estimate of drug-likeness (QED) is 0.425. The van der Waals surface area contributed by atoms with E-state index in [0.717, 1.165) is 11.8 Å². The first-order valence-corrected chi connectivity index (χ1v) is 7.07. The number of nitriles is 1. The second kappa shape index (κ2) is 8.01. The fourth-order valence-electron chi connectivity index (χ4n) is 1.56. The highest BCUT2D eigenvalue weighted by Gasteiger charge is 2.20. The van der Waals surface area contributed by atoms with Gasteiger partial charge in [-0.2, -0.15) is 5.26 Å². The van der Waals surface area contributed by atoms with Crippen molar-refractivity contribution >= 4 is 23.6 Å². The number of nitrogens with zero attached hydrogens (tertiary/aromatic N) is 1. The lowest BCUT2D eigenvalue weighted by molar-refractivity contribution is -0.141. The lowest BCUT2D eigenvalue weighted by Gasteiger charge is -2.14. The van der Waals surface area contributed by atoms with Crippen LogP contribution < -0.4 is 5.32 Å². The first-order chi connectivity index (χ1) is 9.93. The Morgan fingerprint density at radius 1 is 1.33 bits per heavy atom. The highest BCUT2D eigenvalue weighted by atomic mass is 32.2. The zero-order chi connectivity index (χ0) is 15.8. The van der Waals surface area contributed by atoms with Crippen LogP contribution in [0.5, 0.6) is 11.5 Å². The number of nitrogens with one attached hydrogen (secondary N) is 1. The average molecular weight is 310 g/mol. The first kappa shape index (κ1) is 16.7. The maximum Gasteiger partial charge on any atom is 0.326 e. The zero-order valence-electron chi connectivity index (χ0n) is 10.9. The minimum atomic E-state index is -1.21. The fourth-order valence-corrected chi connectivity index (χ4v) is 2.02. The van der Waals surface area contributed by atoms with Crippen molar-refractivity contribution in [2.24, 2.45) is 0 Å². The number of phenols is 2. The molecule has 0 fully saturated rings. The van der Waals surface area contributed by atoms with Gasteiger partial charge in [0.05, 0.1) is 17.6 Å². The van der Waals surface area contributed by atoms with Crippen molar-refractivity contribution in [1.82, 2.24) is 5.32 Å². The summed E-state index contributed by atoms with van der Waals surface area (Å²) < 4.78 is 0. The number of aliphatic carboxylic acids is 1. The third-order valence-corrected chi connectivity index (χ3v) is 3.31. The van der Waals surface area contributed by atoms with Crippen LogP contribution in [0.4, 0.5) is 0 Å². The lowest BCUT2D eigenvalue weighted by Crippen LogP contribution is -2.43. The molecule has 7 nitrogen and oxygen atoms in total. The van der Waals surface area contributed by atoms with E-state index in [-0.39, 0.29) is 29.4 Å². The Kier molecular flexibility index (Phi) is 6.36. The highest BCUT2D eigenvalue weighted by Crippen LogP contribution is 2.25. The van der Waals surface area contributed by atoms with E-state index in [0.29, 0.717) is 5.56 Å². The van der Waals surface area contributed by atoms with E-state index in [1.807, 2.05) is 6.07 Å². The summed E-state index contributed by atoms with van der Waals surface area (Å²) in [5.74, 6) is -2.20. The third-order valence-electron chi connectivity index (χ3n) is 2.51. The minimum Gasteiger partial charge on any atom is -0.504 e. The van der Waals surface area contributed by atoms with E-state index < -0.39 is 17.9 Å². The molecule has 1 aromatic carbocycles. The summed E-state index contributed by atoms with van der Waals surface area (Å²) in [6, 6.07) is 4.66.